The second kappa shape index (κ2) is 4.19. The summed E-state index contributed by atoms with van der Waals surface area (Å²) in [6, 6.07) is 5.46. The molecule has 74 valence electrons. The average Bonchev–Trinajstić information content (AvgIpc) is 2.61. The monoisotopic (exact) mass is 226 g/mol. The Balaban J connectivity index is 2.38. The molecule has 2 aromatic rings. The molecule has 0 saturated heterocycles. The molecule has 0 aliphatic heterocycles. The van der Waals surface area contributed by atoms with Gasteiger partial charge < -0.3 is 9.52 Å². The van der Waals surface area contributed by atoms with Gasteiger partial charge in [-0.1, -0.05) is 0 Å². The van der Waals surface area contributed by atoms with E-state index < -0.39 is 0 Å². The van der Waals surface area contributed by atoms with E-state index in [-0.39, 0.29) is 0 Å². The molecule has 2 rings (SSSR count). The Morgan fingerprint density at radius 2 is 2.29 bits per heavy atom. The van der Waals surface area contributed by atoms with Crippen molar-refractivity contribution in [2.45, 2.75) is 4.90 Å². The SMILES string of the molecule is CSCSc1cc2occc2cc1O. The van der Waals surface area contributed by atoms with Crippen LogP contribution in [0.1, 0.15) is 0 Å². The first-order valence-electron chi connectivity index (χ1n) is 4.13. The van der Waals surface area contributed by atoms with Crippen molar-refractivity contribution >= 4 is 34.5 Å². The molecule has 0 radical (unpaired) electrons. The fourth-order valence-corrected chi connectivity index (χ4v) is 2.59. The van der Waals surface area contributed by atoms with E-state index in [4.69, 9.17) is 4.42 Å². The highest BCUT2D eigenvalue weighted by Gasteiger charge is 2.05. The number of benzene rings is 1. The first-order valence-corrected chi connectivity index (χ1v) is 6.51. The fraction of sp³-hybridized carbons (Fsp3) is 0.200. The summed E-state index contributed by atoms with van der Waals surface area (Å²) in [5.41, 5.74) is 0.825. The van der Waals surface area contributed by atoms with Crippen molar-refractivity contribution in [3.05, 3.63) is 24.5 Å². The van der Waals surface area contributed by atoms with Crippen LogP contribution < -0.4 is 0 Å². The van der Waals surface area contributed by atoms with Crippen LogP contribution in [0.5, 0.6) is 5.75 Å². The number of phenolic OH excluding ortho intramolecular Hbond substituents is 1. The van der Waals surface area contributed by atoms with Gasteiger partial charge in [0.1, 0.15) is 11.3 Å². The number of furan rings is 1. The molecule has 0 aliphatic rings. The van der Waals surface area contributed by atoms with Gasteiger partial charge in [-0.15, -0.1) is 11.8 Å². The van der Waals surface area contributed by atoms with Gasteiger partial charge >= 0.3 is 0 Å². The summed E-state index contributed by atoms with van der Waals surface area (Å²) in [6.07, 6.45) is 3.67. The van der Waals surface area contributed by atoms with Crippen LogP contribution in [-0.2, 0) is 0 Å². The summed E-state index contributed by atoms with van der Waals surface area (Å²) >= 11 is 3.35. The van der Waals surface area contributed by atoms with Crippen molar-refractivity contribution in [2.24, 2.45) is 0 Å². The lowest BCUT2D eigenvalue weighted by Crippen LogP contribution is -1.75. The van der Waals surface area contributed by atoms with E-state index in [1.165, 1.54) is 0 Å². The van der Waals surface area contributed by atoms with E-state index in [9.17, 15) is 5.11 Å². The van der Waals surface area contributed by atoms with Crippen molar-refractivity contribution in [2.75, 3.05) is 11.3 Å². The summed E-state index contributed by atoms with van der Waals surface area (Å²) in [6.45, 7) is 0. The van der Waals surface area contributed by atoms with Crippen molar-refractivity contribution in [3.8, 4) is 5.75 Å². The predicted molar refractivity (Wildman–Crippen MR) is 62.1 cm³/mol. The van der Waals surface area contributed by atoms with Gasteiger partial charge in [0, 0.05) is 10.5 Å². The van der Waals surface area contributed by atoms with Crippen LogP contribution in [0.15, 0.2) is 33.8 Å². The molecule has 0 unspecified atom stereocenters. The minimum Gasteiger partial charge on any atom is -0.507 e. The number of aromatic hydroxyl groups is 1. The van der Waals surface area contributed by atoms with Gasteiger partial charge in [-0.3, -0.25) is 0 Å². The van der Waals surface area contributed by atoms with E-state index >= 15 is 0 Å². The standard InChI is InChI=1S/C10H10O2S2/c1-13-6-14-10-5-9-7(2-3-12-9)4-8(10)11/h2-5,11H,6H2,1H3. The van der Waals surface area contributed by atoms with Crippen LogP contribution in [0.2, 0.25) is 0 Å². The van der Waals surface area contributed by atoms with Gasteiger partial charge in [0.15, 0.2) is 0 Å². The van der Waals surface area contributed by atoms with Crippen molar-refractivity contribution in [1.82, 2.24) is 0 Å². The van der Waals surface area contributed by atoms with Gasteiger partial charge in [-0.2, -0.15) is 11.8 Å². The third-order valence-corrected chi connectivity index (χ3v) is 3.92. The highest BCUT2D eigenvalue weighted by atomic mass is 32.2. The molecule has 0 amide bonds. The van der Waals surface area contributed by atoms with Gasteiger partial charge in [-0.25, -0.2) is 0 Å². The molecule has 0 atom stereocenters. The molecular weight excluding hydrogens is 216 g/mol. The molecule has 0 bridgehead atoms. The maximum atomic E-state index is 9.68. The Labute approximate surface area is 90.7 Å². The Morgan fingerprint density at radius 1 is 1.43 bits per heavy atom. The lowest BCUT2D eigenvalue weighted by atomic mass is 10.2. The first-order chi connectivity index (χ1) is 6.81. The minimum atomic E-state index is 0.331. The van der Waals surface area contributed by atoms with Gasteiger partial charge in [-0.05, 0) is 24.5 Å². The molecule has 0 spiro atoms. The molecule has 1 heterocycles. The molecule has 1 N–H and O–H groups in total. The molecular formula is C10H10O2S2. The van der Waals surface area contributed by atoms with Gasteiger partial charge in [0.05, 0.1) is 11.2 Å². The summed E-state index contributed by atoms with van der Waals surface area (Å²) in [7, 11) is 0. The minimum absolute atomic E-state index is 0.331. The summed E-state index contributed by atoms with van der Waals surface area (Å²) < 4.78 is 5.26. The number of hydrogen-bond acceptors (Lipinski definition) is 4. The zero-order chi connectivity index (χ0) is 9.97. The van der Waals surface area contributed by atoms with Crippen LogP contribution in [0.3, 0.4) is 0 Å². The molecule has 0 saturated carbocycles. The maximum absolute atomic E-state index is 9.68. The Morgan fingerprint density at radius 3 is 3.07 bits per heavy atom. The van der Waals surface area contributed by atoms with E-state index in [2.05, 4.69) is 0 Å². The molecule has 1 aromatic carbocycles. The summed E-state index contributed by atoms with van der Waals surface area (Å²) in [5, 5.41) is 11.6. The van der Waals surface area contributed by atoms with Crippen molar-refractivity contribution in [1.29, 1.82) is 0 Å². The largest absolute Gasteiger partial charge is 0.507 e. The summed E-state index contributed by atoms with van der Waals surface area (Å²) in [4.78, 5) is 0.877. The topological polar surface area (TPSA) is 33.4 Å². The Hall–Kier alpha value is -0.740. The fourth-order valence-electron chi connectivity index (χ4n) is 1.22. The maximum Gasteiger partial charge on any atom is 0.135 e. The van der Waals surface area contributed by atoms with E-state index in [0.29, 0.717) is 5.75 Å². The second-order valence-electron chi connectivity index (χ2n) is 2.83. The highest BCUT2D eigenvalue weighted by Crippen LogP contribution is 2.34. The van der Waals surface area contributed by atoms with Crippen molar-refractivity contribution < 1.29 is 9.52 Å². The Kier molecular flexibility index (Phi) is 2.93. The molecule has 0 aliphatic carbocycles. The van der Waals surface area contributed by atoms with Crippen molar-refractivity contribution in [3.63, 3.8) is 0 Å². The van der Waals surface area contributed by atoms with E-state index in [0.717, 1.165) is 20.9 Å². The zero-order valence-corrected chi connectivity index (χ0v) is 9.32. The van der Waals surface area contributed by atoms with E-state index in [1.807, 2.05) is 18.4 Å². The van der Waals surface area contributed by atoms with Gasteiger partial charge in [0.25, 0.3) is 0 Å². The molecule has 2 nitrogen and oxygen atoms in total. The molecule has 1 aromatic heterocycles. The number of thioether (sulfide) groups is 2. The average molecular weight is 226 g/mol. The normalized spacial score (nSPS) is 10.9. The molecule has 14 heavy (non-hydrogen) atoms. The predicted octanol–water partition coefficient (Wildman–Crippen LogP) is 3.55. The Bertz CT molecular complexity index is 437. The second-order valence-corrected chi connectivity index (χ2v) is 5.08. The summed E-state index contributed by atoms with van der Waals surface area (Å²) in [5.74, 6) is 0.331. The third kappa shape index (κ3) is 1.86. The number of hydrogen-bond donors (Lipinski definition) is 1. The van der Waals surface area contributed by atoms with E-state index in [1.54, 1.807) is 35.9 Å². The smallest absolute Gasteiger partial charge is 0.135 e. The number of rotatable bonds is 3. The van der Waals surface area contributed by atoms with Crippen LogP contribution in [0.4, 0.5) is 0 Å². The van der Waals surface area contributed by atoms with Crippen LogP contribution >= 0.6 is 23.5 Å². The van der Waals surface area contributed by atoms with Crippen LogP contribution in [0, 0.1) is 0 Å². The van der Waals surface area contributed by atoms with Gasteiger partial charge in [0.2, 0.25) is 0 Å². The lowest BCUT2D eigenvalue weighted by molar-refractivity contribution is 0.463. The molecule has 0 fully saturated rings. The number of fused-ring (bicyclic) bond motifs is 1. The zero-order valence-electron chi connectivity index (χ0n) is 7.69. The van der Waals surface area contributed by atoms with Crippen LogP contribution in [-0.4, -0.2) is 16.4 Å². The first kappa shape index (κ1) is 9.80. The molecule has 4 heteroatoms. The third-order valence-electron chi connectivity index (χ3n) is 1.87. The lowest BCUT2D eigenvalue weighted by Gasteiger charge is -2.02. The quantitative estimate of drug-likeness (QED) is 0.641. The number of phenols is 1. The highest BCUT2D eigenvalue weighted by molar-refractivity contribution is 8.15. The van der Waals surface area contributed by atoms with Crippen LogP contribution in [0.25, 0.3) is 11.0 Å².